The molecule has 104 valence electrons. The number of carbonyl (C=O) groups is 1. The minimum Gasteiger partial charge on any atom is -0.481 e. The standard InChI is InChI=1S/C15H21NO3/c1-9-3-6-12(10(2)7-9)15(19)13(8-14(17)18)16-11-4-5-11/h3,6-7,11,13,15-16,19H,4-5,8H2,1-2H3,(H,17,18). The number of rotatable bonds is 6. The first-order valence-electron chi connectivity index (χ1n) is 6.70. The molecule has 4 heteroatoms. The monoisotopic (exact) mass is 263 g/mol. The molecule has 0 heterocycles. The van der Waals surface area contributed by atoms with E-state index in [1.165, 1.54) is 0 Å². The first-order valence-corrected chi connectivity index (χ1v) is 6.70. The Labute approximate surface area is 113 Å². The van der Waals surface area contributed by atoms with Gasteiger partial charge in [-0.05, 0) is 37.8 Å². The van der Waals surface area contributed by atoms with E-state index in [1.54, 1.807) is 0 Å². The van der Waals surface area contributed by atoms with Crippen LogP contribution >= 0.6 is 0 Å². The van der Waals surface area contributed by atoms with Crippen molar-refractivity contribution < 1.29 is 15.0 Å². The number of carboxylic acid groups (broad SMARTS) is 1. The van der Waals surface area contributed by atoms with Gasteiger partial charge in [-0.2, -0.15) is 0 Å². The van der Waals surface area contributed by atoms with Gasteiger partial charge in [0, 0.05) is 12.1 Å². The van der Waals surface area contributed by atoms with Crippen molar-refractivity contribution in [2.75, 3.05) is 0 Å². The van der Waals surface area contributed by atoms with Gasteiger partial charge in [0.15, 0.2) is 0 Å². The van der Waals surface area contributed by atoms with Crippen LogP contribution in [0.4, 0.5) is 0 Å². The van der Waals surface area contributed by atoms with Crippen LogP contribution in [0.25, 0.3) is 0 Å². The molecule has 0 bridgehead atoms. The lowest BCUT2D eigenvalue weighted by molar-refractivity contribution is -0.138. The van der Waals surface area contributed by atoms with Crippen LogP contribution in [0.15, 0.2) is 18.2 Å². The van der Waals surface area contributed by atoms with Crippen molar-refractivity contribution >= 4 is 5.97 Å². The Morgan fingerprint density at radius 1 is 1.42 bits per heavy atom. The molecule has 0 saturated heterocycles. The lowest BCUT2D eigenvalue weighted by Gasteiger charge is -2.24. The van der Waals surface area contributed by atoms with Gasteiger partial charge in [0.05, 0.1) is 12.5 Å². The summed E-state index contributed by atoms with van der Waals surface area (Å²) in [6, 6.07) is 5.78. The van der Waals surface area contributed by atoms with Gasteiger partial charge < -0.3 is 15.5 Å². The van der Waals surface area contributed by atoms with Crippen molar-refractivity contribution in [1.82, 2.24) is 5.32 Å². The van der Waals surface area contributed by atoms with Gasteiger partial charge in [-0.3, -0.25) is 4.79 Å². The number of hydrogen-bond donors (Lipinski definition) is 3. The van der Waals surface area contributed by atoms with Crippen LogP contribution in [0, 0.1) is 13.8 Å². The Bertz CT molecular complexity index is 468. The molecule has 1 aromatic rings. The Morgan fingerprint density at radius 3 is 2.63 bits per heavy atom. The molecule has 1 aromatic carbocycles. The predicted molar refractivity (Wildman–Crippen MR) is 73.1 cm³/mol. The topological polar surface area (TPSA) is 69.6 Å². The molecule has 1 aliphatic rings. The minimum atomic E-state index is -0.887. The van der Waals surface area contributed by atoms with Gasteiger partial charge in [0.2, 0.25) is 0 Å². The highest BCUT2D eigenvalue weighted by Gasteiger charge is 2.31. The molecule has 19 heavy (non-hydrogen) atoms. The van der Waals surface area contributed by atoms with Gasteiger partial charge in [0.25, 0.3) is 0 Å². The molecular formula is C15H21NO3. The highest BCUT2D eigenvalue weighted by atomic mass is 16.4. The molecule has 1 saturated carbocycles. The number of aliphatic hydroxyl groups is 1. The van der Waals surface area contributed by atoms with E-state index in [2.05, 4.69) is 5.32 Å². The molecule has 1 fully saturated rings. The van der Waals surface area contributed by atoms with Gasteiger partial charge in [-0.25, -0.2) is 0 Å². The second-order valence-electron chi connectivity index (χ2n) is 5.45. The van der Waals surface area contributed by atoms with Crippen LogP contribution < -0.4 is 5.32 Å². The lowest BCUT2D eigenvalue weighted by atomic mass is 9.94. The molecule has 0 amide bonds. The number of carboxylic acids is 1. The van der Waals surface area contributed by atoms with E-state index < -0.39 is 18.1 Å². The molecular weight excluding hydrogens is 242 g/mol. The zero-order valence-corrected chi connectivity index (χ0v) is 11.4. The molecule has 3 N–H and O–H groups in total. The number of aliphatic hydroxyl groups excluding tert-OH is 1. The predicted octanol–water partition coefficient (Wildman–Crippen LogP) is 1.93. The van der Waals surface area contributed by atoms with Crippen molar-refractivity contribution in [1.29, 1.82) is 0 Å². The third-order valence-electron chi connectivity index (χ3n) is 3.55. The second kappa shape index (κ2) is 5.72. The summed E-state index contributed by atoms with van der Waals surface area (Å²) in [4.78, 5) is 10.9. The number of aryl methyl sites for hydroxylation is 2. The van der Waals surface area contributed by atoms with Gasteiger partial charge in [-0.15, -0.1) is 0 Å². The van der Waals surface area contributed by atoms with E-state index >= 15 is 0 Å². The highest BCUT2D eigenvalue weighted by molar-refractivity contribution is 5.67. The minimum absolute atomic E-state index is 0.0645. The summed E-state index contributed by atoms with van der Waals surface area (Å²) >= 11 is 0. The number of hydrogen-bond acceptors (Lipinski definition) is 3. The van der Waals surface area contributed by atoms with Gasteiger partial charge in [0.1, 0.15) is 0 Å². The zero-order chi connectivity index (χ0) is 14.0. The van der Waals surface area contributed by atoms with Crippen LogP contribution in [0.3, 0.4) is 0 Å². The van der Waals surface area contributed by atoms with E-state index in [1.807, 2.05) is 32.0 Å². The fourth-order valence-electron chi connectivity index (χ4n) is 2.38. The molecule has 2 rings (SSSR count). The van der Waals surface area contributed by atoms with Crippen LogP contribution in [0.2, 0.25) is 0 Å². The van der Waals surface area contributed by atoms with Gasteiger partial charge in [-0.1, -0.05) is 23.8 Å². The first kappa shape index (κ1) is 14.0. The van der Waals surface area contributed by atoms with E-state index in [-0.39, 0.29) is 6.42 Å². The fourth-order valence-corrected chi connectivity index (χ4v) is 2.38. The molecule has 0 aliphatic heterocycles. The van der Waals surface area contributed by atoms with Crippen molar-refractivity contribution in [3.8, 4) is 0 Å². The Hall–Kier alpha value is -1.39. The highest BCUT2D eigenvalue weighted by Crippen LogP contribution is 2.27. The summed E-state index contributed by atoms with van der Waals surface area (Å²) in [6.45, 7) is 3.95. The molecule has 0 radical (unpaired) electrons. The second-order valence-corrected chi connectivity index (χ2v) is 5.45. The zero-order valence-electron chi connectivity index (χ0n) is 11.4. The third kappa shape index (κ3) is 3.78. The van der Waals surface area contributed by atoms with Crippen LogP contribution in [-0.4, -0.2) is 28.3 Å². The average molecular weight is 263 g/mol. The smallest absolute Gasteiger partial charge is 0.305 e. The van der Waals surface area contributed by atoms with Crippen molar-refractivity contribution in [2.45, 2.75) is 51.3 Å². The van der Waals surface area contributed by atoms with E-state index in [4.69, 9.17) is 5.11 Å². The molecule has 2 unspecified atom stereocenters. The molecule has 4 nitrogen and oxygen atoms in total. The Kier molecular flexibility index (Phi) is 4.22. The summed E-state index contributed by atoms with van der Waals surface area (Å²) in [5, 5.41) is 22.7. The normalized spacial score (nSPS) is 18.1. The largest absolute Gasteiger partial charge is 0.481 e. The number of aliphatic carboxylic acids is 1. The van der Waals surface area contributed by atoms with Crippen LogP contribution in [0.1, 0.15) is 42.1 Å². The van der Waals surface area contributed by atoms with Gasteiger partial charge >= 0.3 is 5.97 Å². The third-order valence-corrected chi connectivity index (χ3v) is 3.55. The maximum Gasteiger partial charge on any atom is 0.305 e. The maximum absolute atomic E-state index is 10.9. The van der Waals surface area contributed by atoms with Crippen molar-refractivity contribution in [2.24, 2.45) is 0 Å². The summed E-state index contributed by atoms with van der Waals surface area (Å²) in [6.07, 6.45) is 1.29. The first-order chi connectivity index (χ1) is 8.97. The Balaban J connectivity index is 2.16. The van der Waals surface area contributed by atoms with Crippen LogP contribution in [0.5, 0.6) is 0 Å². The summed E-state index contributed by atoms with van der Waals surface area (Å²) in [5.74, 6) is -0.887. The lowest BCUT2D eigenvalue weighted by Crippen LogP contribution is -2.38. The van der Waals surface area contributed by atoms with E-state index in [9.17, 15) is 9.90 Å². The van der Waals surface area contributed by atoms with Crippen molar-refractivity contribution in [3.05, 3.63) is 34.9 Å². The molecule has 2 atom stereocenters. The maximum atomic E-state index is 10.9. The van der Waals surface area contributed by atoms with Crippen molar-refractivity contribution in [3.63, 3.8) is 0 Å². The molecule has 0 spiro atoms. The SMILES string of the molecule is Cc1ccc(C(O)C(CC(=O)O)NC2CC2)c(C)c1. The molecule has 0 aromatic heterocycles. The number of benzene rings is 1. The van der Waals surface area contributed by atoms with Crippen LogP contribution in [-0.2, 0) is 4.79 Å². The summed E-state index contributed by atoms with van der Waals surface area (Å²) in [5.41, 5.74) is 2.95. The average Bonchev–Trinajstić information content (AvgIpc) is 3.10. The number of nitrogens with one attached hydrogen (secondary N) is 1. The summed E-state index contributed by atoms with van der Waals surface area (Å²) < 4.78 is 0. The fraction of sp³-hybridized carbons (Fsp3) is 0.533. The Morgan fingerprint density at radius 2 is 2.11 bits per heavy atom. The quantitative estimate of drug-likeness (QED) is 0.733. The molecule has 1 aliphatic carbocycles. The summed E-state index contributed by atoms with van der Waals surface area (Å²) in [7, 11) is 0. The van der Waals surface area contributed by atoms with E-state index in [0.717, 1.165) is 29.5 Å². The van der Waals surface area contributed by atoms with E-state index in [0.29, 0.717) is 6.04 Å².